The van der Waals surface area contributed by atoms with E-state index in [1.165, 1.54) is 38.5 Å². The molecule has 0 aromatic rings. The summed E-state index contributed by atoms with van der Waals surface area (Å²) >= 11 is 0. The number of ether oxygens (including phenoxy) is 2. The van der Waals surface area contributed by atoms with Crippen LogP contribution in [0.3, 0.4) is 0 Å². The topological polar surface area (TPSA) is 110 Å². The number of aliphatic hydroxyl groups is 1. The summed E-state index contributed by atoms with van der Waals surface area (Å²) in [5.74, 6) is -2.21. The van der Waals surface area contributed by atoms with E-state index in [9.17, 15) is 19.5 Å². The highest BCUT2D eigenvalue weighted by Gasteiger charge is 2.16. The van der Waals surface area contributed by atoms with Gasteiger partial charge in [-0.3, -0.25) is 14.4 Å². The van der Waals surface area contributed by atoms with Crippen LogP contribution in [0.4, 0.5) is 0 Å². The Hall–Kier alpha value is -1.63. The van der Waals surface area contributed by atoms with Crippen LogP contribution >= 0.6 is 0 Å². The van der Waals surface area contributed by atoms with E-state index >= 15 is 0 Å². The maximum Gasteiger partial charge on any atom is 0.306 e. The normalized spacial score (nSPS) is 11.8. The predicted octanol–water partition coefficient (Wildman–Crippen LogP) is 3.22. The molecule has 1 atom stereocenters. The first kappa shape index (κ1) is 24.4. The molecule has 0 aromatic carbocycles. The molecule has 152 valence electrons. The third-order valence-electron chi connectivity index (χ3n) is 3.96. The highest BCUT2D eigenvalue weighted by Crippen LogP contribution is 2.11. The summed E-state index contributed by atoms with van der Waals surface area (Å²) < 4.78 is 9.87. The van der Waals surface area contributed by atoms with E-state index in [2.05, 4.69) is 6.92 Å². The fourth-order valence-electron chi connectivity index (χ4n) is 2.42. The van der Waals surface area contributed by atoms with Crippen molar-refractivity contribution in [3.8, 4) is 0 Å². The van der Waals surface area contributed by atoms with Crippen molar-refractivity contribution in [3.63, 3.8) is 0 Å². The van der Waals surface area contributed by atoms with Crippen molar-refractivity contribution in [1.29, 1.82) is 0 Å². The van der Waals surface area contributed by atoms with E-state index in [0.717, 1.165) is 19.3 Å². The van der Waals surface area contributed by atoms with Gasteiger partial charge in [-0.2, -0.15) is 0 Å². The van der Waals surface area contributed by atoms with Gasteiger partial charge in [0.25, 0.3) is 0 Å². The molecule has 7 heteroatoms. The van der Waals surface area contributed by atoms with Crippen LogP contribution in [0.25, 0.3) is 0 Å². The summed E-state index contributed by atoms with van der Waals surface area (Å²) in [5, 5.41) is 17.6. The second-order valence-corrected chi connectivity index (χ2v) is 6.45. The lowest BCUT2D eigenvalue weighted by Crippen LogP contribution is -2.28. The van der Waals surface area contributed by atoms with Crippen LogP contribution in [0.5, 0.6) is 0 Å². The van der Waals surface area contributed by atoms with Crippen LogP contribution in [0.1, 0.15) is 84.0 Å². The minimum absolute atomic E-state index is 0.250. The SMILES string of the molecule is CCCCCCCCCCCC(=O)OC(CO)COC(=O)CCC(=O)O. The molecule has 0 heterocycles. The average Bonchev–Trinajstić information content (AvgIpc) is 2.61. The molecule has 0 aliphatic carbocycles. The molecule has 0 radical (unpaired) electrons. The van der Waals surface area contributed by atoms with E-state index in [4.69, 9.17) is 14.6 Å². The van der Waals surface area contributed by atoms with Gasteiger partial charge in [0.05, 0.1) is 19.4 Å². The molecule has 0 aliphatic rings. The summed E-state index contributed by atoms with van der Waals surface area (Å²) in [5.41, 5.74) is 0. The number of aliphatic carboxylic acids is 1. The van der Waals surface area contributed by atoms with E-state index in [1.54, 1.807) is 0 Å². The molecule has 0 saturated carbocycles. The van der Waals surface area contributed by atoms with Gasteiger partial charge in [-0.05, 0) is 6.42 Å². The van der Waals surface area contributed by atoms with E-state index in [1.807, 2.05) is 0 Å². The minimum Gasteiger partial charge on any atom is -0.481 e. The zero-order valence-electron chi connectivity index (χ0n) is 15.9. The lowest BCUT2D eigenvalue weighted by Gasteiger charge is -2.15. The lowest BCUT2D eigenvalue weighted by molar-refractivity contribution is -0.162. The summed E-state index contributed by atoms with van der Waals surface area (Å²) in [4.78, 5) is 33.4. The third kappa shape index (κ3) is 15.9. The van der Waals surface area contributed by atoms with Gasteiger partial charge in [-0.15, -0.1) is 0 Å². The van der Waals surface area contributed by atoms with Crippen LogP contribution in [-0.4, -0.2) is 47.4 Å². The highest BCUT2D eigenvalue weighted by atomic mass is 16.6. The van der Waals surface area contributed by atoms with Crippen LogP contribution in [0.2, 0.25) is 0 Å². The first-order valence-electron chi connectivity index (χ1n) is 9.67. The maximum absolute atomic E-state index is 11.7. The van der Waals surface area contributed by atoms with E-state index < -0.39 is 30.6 Å². The van der Waals surface area contributed by atoms with Crippen molar-refractivity contribution < 1.29 is 34.1 Å². The Morgan fingerprint density at radius 2 is 1.38 bits per heavy atom. The van der Waals surface area contributed by atoms with Gasteiger partial charge in [0.2, 0.25) is 0 Å². The zero-order valence-corrected chi connectivity index (χ0v) is 15.9. The molecule has 0 amide bonds. The smallest absolute Gasteiger partial charge is 0.306 e. The molecule has 0 aliphatic heterocycles. The van der Waals surface area contributed by atoms with Gasteiger partial charge < -0.3 is 19.7 Å². The fourth-order valence-corrected chi connectivity index (χ4v) is 2.42. The standard InChI is InChI=1S/C19H34O7/c1-2-3-4-5-6-7-8-9-10-11-19(24)26-16(14-20)15-25-18(23)13-12-17(21)22/h16,20H,2-15H2,1H3,(H,21,22). The Morgan fingerprint density at radius 1 is 0.808 bits per heavy atom. The van der Waals surface area contributed by atoms with E-state index in [0.29, 0.717) is 0 Å². The van der Waals surface area contributed by atoms with Crippen molar-refractivity contribution in [3.05, 3.63) is 0 Å². The molecule has 1 unspecified atom stereocenters. The Kier molecular flexibility index (Phi) is 15.8. The van der Waals surface area contributed by atoms with Crippen molar-refractivity contribution >= 4 is 17.9 Å². The Bertz CT molecular complexity index is 395. The third-order valence-corrected chi connectivity index (χ3v) is 3.96. The second kappa shape index (κ2) is 16.8. The van der Waals surface area contributed by atoms with Crippen molar-refractivity contribution in [2.24, 2.45) is 0 Å². The molecule has 0 spiro atoms. The van der Waals surface area contributed by atoms with Gasteiger partial charge in [0.1, 0.15) is 6.61 Å². The zero-order chi connectivity index (χ0) is 19.6. The largest absolute Gasteiger partial charge is 0.481 e. The Balaban J connectivity index is 3.68. The minimum atomic E-state index is -1.09. The molecule has 0 saturated heterocycles. The predicted molar refractivity (Wildman–Crippen MR) is 96.6 cm³/mol. The molecule has 7 nitrogen and oxygen atoms in total. The van der Waals surface area contributed by atoms with Gasteiger partial charge in [0.15, 0.2) is 6.10 Å². The number of esters is 2. The van der Waals surface area contributed by atoms with Gasteiger partial charge in [-0.1, -0.05) is 58.3 Å². The second-order valence-electron chi connectivity index (χ2n) is 6.45. The van der Waals surface area contributed by atoms with Gasteiger partial charge in [-0.25, -0.2) is 0 Å². The summed E-state index contributed by atoms with van der Waals surface area (Å²) in [6, 6.07) is 0. The summed E-state index contributed by atoms with van der Waals surface area (Å²) in [7, 11) is 0. The Labute approximate surface area is 156 Å². The number of hydrogen-bond donors (Lipinski definition) is 2. The van der Waals surface area contributed by atoms with Crippen LogP contribution in [-0.2, 0) is 23.9 Å². The molecule has 0 aromatic heterocycles. The fraction of sp³-hybridized carbons (Fsp3) is 0.842. The molecule has 0 rings (SSSR count). The van der Waals surface area contributed by atoms with Crippen LogP contribution in [0, 0.1) is 0 Å². The van der Waals surface area contributed by atoms with Crippen molar-refractivity contribution in [2.45, 2.75) is 90.1 Å². The number of carboxylic acids is 1. The van der Waals surface area contributed by atoms with Crippen molar-refractivity contribution in [1.82, 2.24) is 0 Å². The first-order valence-corrected chi connectivity index (χ1v) is 9.67. The average molecular weight is 374 g/mol. The Morgan fingerprint density at radius 3 is 1.92 bits per heavy atom. The molecular weight excluding hydrogens is 340 g/mol. The van der Waals surface area contributed by atoms with Crippen molar-refractivity contribution in [2.75, 3.05) is 13.2 Å². The maximum atomic E-state index is 11.7. The lowest BCUT2D eigenvalue weighted by atomic mass is 10.1. The van der Waals surface area contributed by atoms with Crippen LogP contribution in [0.15, 0.2) is 0 Å². The number of carbonyl (C=O) groups is 3. The molecule has 2 N–H and O–H groups in total. The number of carbonyl (C=O) groups excluding carboxylic acids is 2. The number of hydrogen-bond acceptors (Lipinski definition) is 6. The first-order chi connectivity index (χ1) is 12.5. The molecular formula is C19H34O7. The number of rotatable bonds is 17. The molecule has 26 heavy (non-hydrogen) atoms. The van der Waals surface area contributed by atoms with Crippen LogP contribution < -0.4 is 0 Å². The number of unbranched alkanes of at least 4 members (excludes halogenated alkanes) is 8. The summed E-state index contributed by atoms with van der Waals surface area (Å²) in [6.07, 6.45) is 9.16. The number of carboxylic acid groups (broad SMARTS) is 1. The molecule has 0 fully saturated rings. The summed E-state index contributed by atoms with van der Waals surface area (Å²) in [6.45, 7) is 1.48. The highest BCUT2D eigenvalue weighted by molar-refractivity contribution is 5.76. The van der Waals surface area contributed by atoms with E-state index in [-0.39, 0.29) is 25.9 Å². The van der Waals surface area contributed by atoms with Gasteiger partial charge in [0, 0.05) is 6.42 Å². The molecule has 0 bridgehead atoms. The monoisotopic (exact) mass is 374 g/mol. The number of aliphatic hydroxyl groups excluding tert-OH is 1. The quantitative estimate of drug-likeness (QED) is 0.297. The van der Waals surface area contributed by atoms with Gasteiger partial charge >= 0.3 is 17.9 Å².